The zero-order valence-electron chi connectivity index (χ0n) is 28.5. The molecule has 0 fully saturated rings. The smallest absolute Gasteiger partial charge is 0.307 e. The molecule has 266 valence electrons. The Balaban J connectivity index is 1.38. The number of aromatic nitrogens is 3. The molecule has 0 aliphatic heterocycles. The molecule has 3 heterocycles. The van der Waals surface area contributed by atoms with Gasteiger partial charge in [0.1, 0.15) is 37.1 Å². The van der Waals surface area contributed by atoms with Gasteiger partial charge in [-0.3, -0.25) is 15.0 Å². The van der Waals surface area contributed by atoms with Crippen molar-refractivity contribution in [3.8, 4) is 17.2 Å². The third-order valence-corrected chi connectivity index (χ3v) is 13.2. The highest BCUT2D eigenvalue weighted by atomic mass is 32.3. The van der Waals surface area contributed by atoms with Gasteiger partial charge in [-0.25, -0.2) is 3.63 Å². The predicted molar refractivity (Wildman–Crippen MR) is 202 cm³/mol. The number of pyridine rings is 3. The predicted octanol–water partition coefficient (Wildman–Crippen LogP) is 9.21. The summed E-state index contributed by atoms with van der Waals surface area (Å²) in [6.45, 7) is 0.858. The van der Waals surface area contributed by atoms with Gasteiger partial charge >= 0.3 is 10.1 Å². The van der Waals surface area contributed by atoms with Gasteiger partial charge in [0.05, 0.1) is 4.90 Å². The summed E-state index contributed by atoms with van der Waals surface area (Å²) in [5.74, 6) is 1.60. The molecule has 0 radical (unpaired) electrons. The van der Waals surface area contributed by atoms with Gasteiger partial charge in [-0.15, -0.1) is 0 Å². The minimum absolute atomic E-state index is 0.0251. The van der Waals surface area contributed by atoms with Crippen LogP contribution in [-0.4, -0.2) is 23.4 Å². The highest BCUT2D eigenvalue weighted by molar-refractivity contribution is 8.33. The largest absolute Gasteiger partial charge is 0.489 e. The Kier molecular flexibility index (Phi) is 11.1. The van der Waals surface area contributed by atoms with Gasteiger partial charge in [-0.2, -0.15) is 8.42 Å². The van der Waals surface area contributed by atoms with Crippen LogP contribution in [0.4, 0.5) is 0 Å². The molecule has 4 aromatic carbocycles. The van der Waals surface area contributed by atoms with Gasteiger partial charge in [0.15, 0.2) is 0 Å². The van der Waals surface area contributed by atoms with E-state index in [4.69, 9.17) is 17.8 Å². The summed E-state index contributed by atoms with van der Waals surface area (Å²) in [6, 6.07) is 41.6. The third kappa shape index (κ3) is 8.73. The number of hydrogen-bond donors (Lipinski definition) is 0. The van der Waals surface area contributed by atoms with E-state index in [2.05, 4.69) is 15.0 Å². The second-order valence-corrected chi connectivity index (χ2v) is 16.2. The molecular weight excluding hydrogens is 707 g/mol. The van der Waals surface area contributed by atoms with Crippen molar-refractivity contribution in [2.45, 2.75) is 39.4 Å². The van der Waals surface area contributed by atoms with Crippen LogP contribution in [0.15, 0.2) is 196 Å². The molecule has 0 spiro atoms. The van der Waals surface area contributed by atoms with E-state index in [-0.39, 0.29) is 24.7 Å². The molecule has 0 bridgehead atoms. The van der Waals surface area contributed by atoms with Crippen molar-refractivity contribution >= 4 is 20.4 Å². The van der Waals surface area contributed by atoms with Crippen LogP contribution < -0.4 is 14.2 Å². The van der Waals surface area contributed by atoms with Crippen LogP contribution in [0.5, 0.6) is 17.2 Å². The second kappa shape index (κ2) is 16.6. The molecule has 11 heteroatoms. The molecule has 53 heavy (non-hydrogen) atoms. The molecule has 7 rings (SSSR count). The van der Waals surface area contributed by atoms with Gasteiger partial charge in [0.2, 0.25) is 0 Å². The molecule has 0 saturated heterocycles. The first-order valence-electron chi connectivity index (χ1n) is 16.7. The molecule has 7 aromatic rings. The van der Waals surface area contributed by atoms with Gasteiger partial charge in [-0.05, 0) is 130 Å². The highest BCUT2D eigenvalue weighted by Gasteiger charge is 2.39. The lowest BCUT2D eigenvalue weighted by Gasteiger charge is -2.39. The Morgan fingerprint density at radius 3 is 1.09 bits per heavy atom. The normalized spacial score (nSPS) is 11.8. The highest BCUT2D eigenvalue weighted by Crippen LogP contribution is 2.71. The van der Waals surface area contributed by atoms with Crippen LogP contribution in [0.25, 0.3) is 0 Å². The van der Waals surface area contributed by atoms with E-state index in [1.54, 1.807) is 55.4 Å². The molecule has 3 aromatic heterocycles. The van der Waals surface area contributed by atoms with E-state index in [1.807, 2.05) is 109 Å². The van der Waals surface area contributed by atoms with Gasteiger partial charge < -0.3 is 14.2 Å². The molecule has 0 atom stereocenters. The summed E-state index contributed by atoms with van der Waals surface area (Å²) < 4.78 is 54.3. The summed E-state index contributed by atoms with van der Waals surface area (Å²) >= 11 is 0. The van der Waals surface area contributed by atoms with Crippen molar-refractivity contribution in [1.82, 2.24) is 15.0 Å². The fourth-order valence-electron chi connectivity index (χ4n) is 5.45. The Morgan fingerprint density at radius 2 is 0.736 bits per heavy atom. The Labute approximate surface area is 310 Å². The van der Waals surface area contributed by atoms with Crippen molar-refractivity contribution in [2.75, 3.05) is 0 Å². The van der Waals surface area contributed by atoms with Gasteiger partial charge in [0, 0.05) is 51.9 Å². The van der Waals surface area contributed by atoms with Crippen LogP contribution in [0.3, 0.4) is 0 Å². The summed E-state index contributed by atoms with van der Waals surface area (Å²) in [4.78, 5) is 14.1. The number of hydrogen-bond acceptors (Lipinski definition) is 9. The van der Waals surface area contributed by atoms with Crippen LogP contribution in [0.2, 0.25) is 0 Å². The lowest BCUT2D eigenvalue weighted by atomic mass is 10.3. The van der Waals surface area contributed by atoms with Crippen LogP contribution >= 0.6 is 10.3 Å². The van der Waals surface area contributed by atoms with E-state index in [1.165, 1.54) is 12.1 Å². The van der Waals surface area contributed by atoms with Gasteiger partial charge in [0.25, 0.3) is 0 Å². The van der Waals surface area contributed by atoms with Crippen molar-refractivity contribution < 1.29 is 26.3 Å². The molecule has 0 N–H and O–H groups in total. The fourth-order valence-corrected chi connectivity index (χ4v) is 10.7. The minimum Gasteiger partial charge on any atom is -0.489 e. The zero-order chi connectivity index (χ0) is 36.4. The maximum absolute atomic E-state index is 14.4. The quantitative estimate of drug-likeness (QED) is 0.102. The number of benzene rings is 4. The molecule has 0 aliphatic rings. The second-order valence-electron chi connectivity index (χ2n) is 11.7. The monoisotopic (exact) mass is 741 g/mol. The third-order valence-electron chi connectivity index (χ3n) is 8.10. The van der Waals surface area contributed by atoms with Crippen molar-refractivity contribution in [1.29, 1.82) is 0 Å². The number of rotatable bonds is 15. The van der Waals surface area contributed by atoms with Crippen molar-refractivity contribution in [3.05, 3.63) is 193 Å². The SMILES string of the molecule is O=S(=O)(OS(c1cccc(OCc2ccncc2)c1)(c1cccc(OCc2ccncc2)c1)c1cccc(OCc2ccncc2)c1)c1ccccc1. The van der Waals surface area contributed by atoms with Crippen LogP contribution in [0.1, 0.15) is 16.7 Å². The topological polar surface area (TPSA) is 110 Å². The van der Waals surface area contributed by atoms with Crippen LogP contribution in [0, 0.1) is 0 Å². The van der Waals surface area contributed by atoms with Crippen molar-refractivity contribution in [2.24, 2.45) is 0 Å². The van der Waals surface area contributed by atoms with E-state index < -0.39 is 20.4 Å². The fraction of sp³-hybridized carbons (Fsp3) is 0.0714. The molecule has 0 amide bonds. The summed E-state index contributed by atoms with van der Waals surface area (Å²) in [6.07, 6.45) is 10.3. The molecule has 9 nitrogen and oxygen atoms in total. The summed E-state index contributed by atoms with van der Waals surface area (Å²) in [5.41, 5.74) is 2.81. The average molecular weight is 742 g/mol. The summed E-state index contributed by atoms with van der Waals surface area (Å²) in [5, 5.41) is 0. The Bertz CT molecular complexity index is 2140. The van der Waals surface area contributed by atoms with E-state index >= 15 is 0 Å². The lowest BCUT2D eigenvalue weighted by molar-refractivity contribution is 0.305. The Morgan fingerprint density at radius 1 is 0.396 bits per heavy atom. The molecular formula is C42H35N3O6S2. The first-order valence-corrected chi connectivity index (χ1v) is 19.6. The molecule has 0 saturated carbocycles. The number of ether oxygens (including phenoxy) is 3. The maximum Gasteiger partial charge on any atom is 0.307 e. The van der Waals surface area contributed by atoms with E-state index in [0.717, 1.165) is 16.7 Å². The van der Waals surface area contributed by atoms with Crippen molar-refractivity contribution in [3.63, 3.8) is 0 Å². The zero-order valence-corrected chi connectivity index (χ0v) is 30.1. The Hall–Kier alpha value is -6.01. The molecule has 0 aliphatic carbocycles. The minimum atomic E-state index is -4.37. The lowest BCUT2D eigenvalue weighted by Crippen LogP contribution is -2.15. The maximum atomic E-state index is 14.4. The van der Waals surface area contributed by atoms with Gasteiger partial charge in [-0.1, -0.05) is 36.4 Å². The number of nitrogens with zero attached hydrogens (tertiary/aromatic N) is 3. The summed E-state index contributed by atoms with van der Waals surface area (Å²) in [7, 11) is -7.49. The first-order chi connectivity index (χ1) is 26.0. The standard InChI is InChI=1S/C42H35N3O6S2/c46-53(47,39-10-2-1-3-11-39)51-52(40-12-4-7-36(27-40)48-30-33-15-21-43-22-16-33,41-13-5-8-37(28-41)49-31-34-17-23-44-24-18-34)42-14-6-9-38(29-42)50-32-35-19-25-45-26-20-35/h1-29H,30-32H2. The average Bonchev–Trinajstić information content (AvgIpc) is 3.22. The van der Waals surface area contributed by atoms with E-state index in [9.17, 15) is 8.42 Å². The van der Waals surface area contributed by atoms with E-state index in [0.29, 0.717) is 31.9 Å². The van der Waals surface area contributed by atoms with Crippen LogP contribution in [-0.2, 0) is 33.6 Å². The molecule has 0 unspecified atom stereocenters. The first kappa shape index (κ1) is 35.4.